The van der Waals surface area contributed by atoms with E-state index >= 15 is 0 Å². The van der Waals surface area contributed by atoms with Crippen molar-refractivity contribution in [2.24, 2.45) is 0 Å². The first kappa shape index (κ1) is 17.2. The summed E-state index contributed by atoms with van der Waals surface area (Å²) >= 11 is 0. The first-order chi connectivity index (χ1) is 8.59. The maximum absolute atomic E-state index is 10.7. The molecule has 0 aliphatic heterocycles. The summed E-state index contributed by atoms with van der Waals surface area (Å²) in [7, 11) is 0. The Morgan fingerprint density at radius 2 is 1.28 bits per heavy atom. The quantitative estimate of drug-likeness (QED) is 0.400. The Balaban J connectivity index is 3.41. The second-order valence-corrected chi connectivity index (χ2v) is 5.29. The molecule has 0 aromatic carbocycles. The van der Waals surface area contributed by atoms with Gasteiger partial charge in [-0.15, -0.1) is 0 Å². The number of allylic oxidation sites excluding steroid dienone is 1. The molecular formula is C16H30O2. The highest BCUT2D eigenvalue weighted by Crippen LogP contribution is 2.15. The summed E-state index contributed by atoms with van der Waals surface area (Å²) in [6, 6.07) is 0. The monoisotopic (exact) mass is 254 g/mol. The van der Waals surface area contributed by atoms with Crippen LogP contribution in [-0.4, -0.2) is 11.1 Å². The van der Waals surface area contributed by atoms with Gasteiger partial charge in [-0.05, 0) is 26.7 Å². The lowest BCUT2D eigenvalue weighted by Crippen LogP contribution is -1.99. The molecule has 0 bridgehead atoms. The van der Waals surface area contributed by atoms with Gasteiger partial charge in [-0.25, -0.2) is 4.79 Å². The number of hydrogen-bond donors (Lipinski definition) is 1. The summed E-state index contributed by atoms with van der Waals surface area (Å²) in [5, 5.41) is 8.84. The van der Waals surface area contributed by atoms with Gasteiger partial charge in [0.2, 0.25) is 0 Å². The minimum absolute atomic E-state index is 0.523. The average Bonchev–Trinajstić information content (AvgIpc) is 2.35. The molecule has 0 aliphatic carbocycles. The number of carboxylic acids is 1. The number of rotatable bonds is 11. The van der Waals surface area contributed by atoms with Crippen LogP contribution in [0.1, 0.15) is 85.0 Å². The standard InChI is InChI=1S/C16H30O2/c1-4-5-6-7-8-9-10-11-12-13-14(2)15(3)16(17)18/h4-13H2,1-3H3,(H,17,18). The fraction of sp³-hybridized carbons (Fsp3) is 0.812. The Labute approximate surface area is 112 Å². The van der Waals surface area contributed by atoms with E-state index in [0.29, 0.717) is 5.57 Å². The van der Waals surface area contributed by atoms with E-state index in [1.165, 1.54) is 51.4 Å². The minimum Gasteiger partial charge on any atom is -0.478 e. The highest BCUT2D eigenvalue weighted by molar-refractivity contribution is 5.86. The first-order valence-corrected chi connectivity index (χ1v) is 7.49. The zero-order chi connectivity index (χ0) is 13.8. The summed E-state index contributed by atoms with van der Waals surface area (Å²) in [5.74, 6) is -0.775. The van der Waals surface area contributed by atoms with Crippen LogP contribution in [0.25, 0.3) is 0 Å². The fourth-order valence-corrected chi connectivity index (χ4v) is 2.07. The molecule has 0 unspecified atom stereocenters. The fourth-order valence-electron chi connectivity index (χ4n) is 2.07. The van der Waals surface area contributed by atoms with E-state index < -0.39 is 5.97 Å². The average molecular weight is 254 g/mol. The molecule has 0 aromatic heterocycles. The van der Waals surface area contributed by atoms with Crippen LogP contribution >= 0.6 is 0 Å². The molecule has 0 aromatic rings. The zero-order valence-corrected chi connectivity index (χ0v) is 12.4. The largest absolute Gasteiger partial charge is 0.478 e. The SMILES string of the molecule is CCCCCCCCCCCC(C)=C(C)C(=O)O. The third-order valence-electron chi connectivity index (χ3n) is 3.62. The molecule has 0 rings (SSSR count). The molecule has 18 heavy (non-hydrogen) atoms. The van der Waals surface area contributed by atoms with Crippen LogP contribution in [0.2, 0.25) is 0 Å². The van der Waals surface area contributed by atoms with Crippen molar-refractivity contribution < 1.29 is 9.90 Å². The van der Waals surface area contributed by atoms with Crippen LogP contribution in [0.5, 0.6) is 0 Å². The lowest BCUT2D eigenvalue weighted by molar-refractivity contribution is -0.132. The van der Waals surface area contributed by atoms with Gasteiger partial charge in [-0.2, -0.15) is 0 Å². The van der Waals surface area contributed by atoms with E-state index in [-0.39, 0.29) is 0 Å². The normalized spacial score (nSPS) is 12.4. The third-order valence-corrected chi connectivity index (χ3v) is 3.62. The molecular weight excluding hydrogens is 224 g/mol. The molecule has 0 fully saturated rings. The zero-order valence-electron chi connectivity index (χ0n) is 12.4. The summed E-state index contributed by atoms with van der Waals surface area (Å²) in [5.41, 5.74) is 1.56. The van der Waals surface area contributed by atoms with Crippen LogP contribution < -0.4 is 0 Å². The van der Waals surface area contributed by atoms with E-state index in [0.717, 1.165) is 18.4 Å². The van der Waals surface area contributed by atoms with Crippen molar-refractivity contribution in [3.8, 4) is 0 Å². The topological polar surface area (TPSA) is 37.3 Å². The highest BCUT2D eigenvalue weighted by atomic mass is 16.4. The number of carboxylic acid groups (broad SMARTS) is 1. The molecule has 0 aliphatic rings. The summed E-state index contributed by atoms with van der Waals surface area (Å²) in [6.07, 6.45) is 12.8. The van der Waals surface area contributed by atoms with E-state index in [4.69, 9.17) is 5.11 Å². The molecule has 0 amide bonds. The number of unbranched alkanes of at least 4 members (excludes halogenated alkanes) is 8. The molecule has 0 atom stereocenters. The Kier molecular flexibility index (Phi) is 10.8. The van der Waals surface area contributed by atoms with Gasteiger partial charge in [0.05, 0.1) is 0 Å². The van der Waals surface area contributed by atoms with Gasteiger partial charge in [-0.1, -0.05) is 63.9 Å². The minimum atomic E-state index is -0.775. The van der Waals surface area contributed by atoms with Crippen LogP contribution in [0, 0.1) is 0 Å². The van der Waals surface area contributed by atoms with Gasteiger partial charge in [0.25, 0.3) is 0 Å². The molecule has 0 radical (unpaired) electrons. The van der Waals surface area contributed by atoms with Crippen molar-refractivity contribution in [3.05, 3.63) is 11.1 Å². The second-order valence-electron chi connectivity index (χ2n) is 5.29. The van der Waals surface area contributed by atoms with Gasteiger partial charge < -0.3 is 5.11 Å². The Morgan fingerprint density at radius 1 is 0.833 bits per heavy atom. The molecule has 0 saturated heterocycles. The Morgan fingerprint density at radius 3 is 1.72 bits per heavy atom. The van der Waals surface area contributed by atoms with Crippen molar-refractivity contribution in [1.29, 1.82) is 0 Å². The number of aliphatic carboxylic acids is 1. The lowest BCUT2D eigenvalue weighted by Gasteiger charge is -2.04. The van der Waals surface area contributed by atoms with Crippen LogP contribution in [0.15, 0.2) is 11.1 Å². The lowest BCUT2D eigenvalue weighted by atomic mass is 10.0. The predicted molar refractivity (Wildman–Crippen MR) is 77.9 cm³/mol. The van der Waals surface area contributed by atoms with E-state index in [9.17, 15) is 4.79 Å². The van der Waals surface area contributed by atoms with E-state index in [2.05, 4.69) is 6.92 Å². The van der Waals surface area contributed by atoms with Crippen molar-refractivity contribution in [2.45, 2.75) is 85.0 Å². The van der Waals surface area contributed by atoms with Gasteiger partial charge in [0.15, 0.2) is 0 Å². The highest BCUT2D eigenvalue weighted by Gasteiger charge is 2.04. The van der Waals surface area contributed by atoms with Gasteiger partial charge in [0.1, 0.15) is 0 Å². The summed E-state index contributed by atoms with van der Waals surface area (Å²) in [4.78, 5) is 10.7. The molecule has 2 nitrogen and oxygen atoms in total. The van der Waals surface area contributed by atoms with Crippen molar-refractivity contribution >= 4 is 5.97 Å². The van der Waals surface area contributed by atoms with Crippen molar-refractivity contribution in [3.63, 3.8) is 0 Å². The molecule has 0 heterocycles. The maximum Gasteiger partial charge on any atom is 0.331 e. The second kappa shape index (κ2) is 11.3. The Bertz CT molecular complexity index is 254. The predicted octanol–water partition coefficient (Wildman–Crippen LogP) is 5.33. The van der Waals surface area contributed by atoms with E-state index in [1.54, 1.807) is 6.92 Å². The van der Waals surface area contributed by atoms with Crippen LogP contribution in [-0.2, 0) is 4.79 Å². The maximum atomic E-state index is 10.7. The number of carbonyl (C=O) groups is 1. The van der Waals surface area contributed by atoms with E-state index in [1.807, 2.05) is 6.92 Å². The summed E-state index contributed by atoms with van der Waals surface area (Å²) < 4.78 is 0. The van der Waals surface area contributed by atoms with Gasteiger partial charge in [-0.3, -0.25) is 0 Å². The van der Waals surface area contributed by atoms with Crippen molar-refractivity contribution in [2.75, 3.05) is 0 Å². The third kappa shape index (κ3) is 9.26. The van der Waals surface area contributed by atoms with Gasteiger partial charge >= 0.3 is 5.97 Å². The van der Waals surface area contributed by atoms with Gasteiger partial charge in [0, 0.05) is 5.57 Å². The van der Waals surface area contributed by atoms with Crippen LogP contribution in [0.4, 0.5) is 0 Å². The molecule has 106 valence electrons. The smallest absolute Gasteiger partial charge is 0.331 e. The molecule has 0 spiro atoms. The first-order valence-electron chi connectivity index (χ1n) is 7.49. The molecule has 1 N–H and O–H groups in total. The Hall–Kier alpha value is -0.790. The molecule has 0 saturated carbocycles. The van der Waals surface area contributed by atoms with Crippen LogP contribution in [0.3, 0.4) is 0 Å². The van der Waals surface area contributed by atoms with Crippen molar-refractivity contribution in [1.82, 2.24) is 0 Å². The summed E-state index contributed by atoms with van der Waals surface area (Å²) in [6.45, 7) is 5.88. The number of hydrogen-bond acceptors (Lipinski definition) is 1. The molecule has 2 heteroatoms.